The lowest BCUT2D eigenvalue weighted by Crippen LogP contribution is -2.33. The first-order valence-corrected chi connectivity index (χ1v) is 9.31. The Morgan fingerprint density at radius 3 is 2.93 bits per heavy atom. The van der Waals surface area contributed by atoms with Gasteiger partial charge in [-0.25, -0.2) is 9.97 Å². The molecule has 1 amide bonds. The van der Waals surface area contributed by atoms with Crippen molar-refractivity contribution in [2.45, 2.75) is 13.5 Å². The monoisotopic (exact) mass is 396 g/mol. The van der Waals surface area contributed by atoms with Crippen LogP contribution in [-0.2, 0) is 6.54 Å². The highest BCUT2D eigenvalue weighted by Crippen LogP contribution is 2.15. The van der Waals surface area contributed by atoms with Crippen LogP contribution in [0.3, 0.4) is 0 Å². The van der Waals surface area contributed by atoms with Crippen LogP contribution in [0.25, 0.3) is 16.7 Å². The number of amides is 1. The zero-order chi connectivity index (χ0) is 19.8. The van der Waals surface area contributed by atoms with E-state index >= 15 is 0 Å². The SMILES string of the molecule is Cc1cccn2c(=O)c3cc(C(=O)Nc4nccs4)c(=N)n(CCO)c3nc12. The van der Waals surface area contributed by atoms with E-state index in [1.165, 1.54) is 26.4 Å². The summed E-state index contributed by atoms with van der Waals surface area (Å²) < 4.78 is 2.78. The Morgan fingerprint density at radius 2 is 2.21 bits per heavy atom. The Kier molecular flexibility index (Phi) is 4.49. The molecule has 4 aromatic heterocycles. The molecule has 0 aliphatic heterocycles. The standard InChI is InChI=1S/C18H16N6O3S/c1-10-3-2-5-24-14(10)21-15-12(17(24)27)9-11(13(19)23(15)6-7-25)16(26)22-18-20-4-8-28-18/h2-5,8-9,19,25H,6-7H2,1H3,(H,20,22,26). The van der Waals surface area contributed by atoms with Gasteiger partial charge in [0.2, 0.25) is 0 Å². The zero-order valence-electron chi connectivity index (χ0n) is 14.8. The molecule has 4 aromatic rings. The molecule has 0 aliphatic rings. The van der Waals surface area contributed by atoms with Gasteiger partial charge in [0.15, 0.2) is 5.13 Å². The van der Waals surface area contributed by atoms with Gasteiger partial charge in [0.25, 0.3) is 11.5 Å². The summed E-state index contributed by atoms with van der Waals surface area (Å²) in [7, 11) is 0. The van der Waals surface area contributed by atoms with Crippen LogP contribution in [0, 0.1) is 12.3 Å². The van der Waals surface area contributed by atoms with Crippen LogP contribution in [0.5, 0.6) is 0 Å². The largest absolute Gasteiger partial charge is 0.395 e. The summed E-state index contributed by atoms with van der Waals surface area (Å²) in [5.74, 6) is -0.553. The highest BCUT2D eigenvalue weighted by atomic mass is 32.1. The lowest BCUT2D eigenvalue weighted by Gasteiger charge is -2.14. The molecule has 3 N–H and O–H groups in total. The molecule has 0 aliphatic carbocycles. The molecule has 10 heteroatoms. The molecule has 0 aromatic carbocycles. The molecule has 0 fully saturated rings. The van der Waals surface area contributed by atoms with Gasteiger partial charge in [-0.2, -0.15) is 0 Å². The summed E-state index contributed by atoms with van der Waals surface area (Å²) >= 11 is 1.25. The summed E-state index contributed by atoms with van der Waals surface area (Å²) in [4.78, 5) is 34.3. The minimum Gasteiger partial charge on any atom is -0.395 e. The maximum atomic E-state index is 13.0. The highest BCUT2D eigenvalue weighted by molar-refractivity contribution is 7.13. The first-order chi connectivity index (χ1) is 13.5. The van der Waals surface area contributed by atoms with E-state index in [0.717, 1.165) is 5.56 Å². The molecule has 28 heavy (non-hydrogen) atoms. The van der Waals surface area contributed by atoms with E-state index in [2.05, 4.69) is 15.3 Å². The van der Waals surface area contributed by atoms with Gasteiger partial charge in [-0.15, -0.1) is 11.3 Å². The molecule has 0 bridgehead atoms. The van der Waals surface area contributed by atoms with Crippen LogP contribution in [0.2, 0.25) is 0 Å². The van der Waals surface area contributed by atoms with Gasteiger partial charge in [0, 0.05) is 24.3 Å². The van der Waals surface area contributed by atoms with Gasteiger partial charge in [-0.3, -0.25) is 24.7 Å². The fourth-order valence-corrected chi connectivity index (χ4v) is 3.56. The quantitative estimate of drug-likeness (QED) is 0.446. The predicted molar refractivity (Wildman–Crippen MR) is 105 cm³/mol. The van der Waals surface area contributed by atoms with E-state index in [9.17, 15) is 14.7 Å². The third-order valence-electron chi connectivity index (χ3n) is 4.35. The van der Waals surface area contributed by atoms with E-state index in [-0.39, 0.29) is 40.8 Å². The minimum atomic E-state index is -0.553. The zero-order valence-corrected chi connectivity index (χ0v) is 15.7. The van der Waals surface area contributed by atoms with Crippen molar-refractivity contribution in [1.29, 1.82) is 5.41 Å². The highest BCUT2D eigenvalue weighted by Gasteiger charge is 2.18. The van der Waals surface area contributed by atoms with Gasteiger partial charge >= 0.3 is 0 Å². The number of pyridine rings is 2. The number of anilines is 1. The van der Waals surface area contributed by atoms with Gasteiger partial charge in [-0.05, 0) is 24.6 Å². The van der Waals surface area contributed by atoms with Crippen molar-refractivity contribution in [3.8, 4) is 0 Å². The second-order valence-corrected chi connectivity index (χ2v) is 7.01. The van der Waals surface area contributed by atoms with Crippen molar-refractivity contribution in [3.63, 3.8) is 0 Å². The summed E-state index contributed by atoms with van der Waals surface area (Å²) in [5.41, 5.74) is 1.03. The minimum absolute atomic E-state index is 0.00246. The van der Waals surface area contributed by atoms with Gasteiger partial charge in [0.1, 0.15) is 16.8 Å². The number of carbonyl (C=O) groups is 1. The molecular weight excluding hydrogens is 380 g/mol. The third kappa shape index (κ3) is 2.88. The third-order valence-corrected chi connectivity index (χ3v) is 5.04. The molecule has 0 saturated heterocycles. The maximum Gasteiger partial charge on any atom is 0.267 e. The van der Waals surface area contributed by atoms with E-state index in [1.807, 2.05) is 13.0 Å². The molecule has 0 saturated carbocycles. The molecular formula is C18H16N6O3S. The average molecular weight is 396 g/mol. The van der Waals surface area contributed by atoms with Crippen molar-refractivity contribution in [1.82, 2.24) is 18.9 Å². The fraction of sp³-hybridized carbons (Fsp3) is 0.167. The van der Waals surface area contributed by atoms with Crippen molar-refractivity contribution in [2.24, 2.45) is 0 Å². The average Bonchev–Trinajstić information content (AvgIpc) is 3.18. The number of aromatic nitrogens is 4. The van der Waals surface area contributed by atoms with E-state index in [0.29, 0.717) is 10.8 Å². The van der Waals surface area contributed by atoms with Crippen LogP contribution < -0.4 is 16.4 Å². The molecule has 9 nitrogen and oxygen atoms in total. The molecule has 142 valence electrons. The van der Waals surface area contributed by atoms with Gasteiger partial charge < -0.3 is 9.67 Å². The fourth-order valence-electron chi connectivity index (χ4n) is 3.04. The van der Waals surface area contributed by atoms with Crippen LogP contribution >= 0.6 is 11.3 Å². The molecule has 0 unspecified atom stereocenters. The first-order valence-electron chi connectivity index (χ1n) is 8.43. The summed E-state index contributed by atoms with van der Waals surface area (Å²) in [5, 5.41) is 22.8. The molecule has 0 radical (unpaired) electrons. The molecule has 4 heterocycles. The summed E-state index contributed by atoms with van der Waals surface area (Å²) in [6.07, 6.45) is 3.16. The predicted octanol–water partition coefficient (Wildman–Crippen LogP) is 1.14. The Morgan fingerprint density at radius 1 is 1.39 bits per heavy atom. The lowest BCUT2D eigenvalue weighted by molar-refractivity contribution is 0.102. The summed E-state index contributed by atoms with van der Waals surface area (Å²) in [6, 6.07) is 4.95. The Hall–Kier alpha value is -3.37. The Bertz CT molecular complexity index is 1320. The van der Waals surface area contributed by atoms with Gasteiger partial charge in [-0.1, -0.05) is 6.07 Å². The number of rotatable bonds is 4. The summed E-state index contributed by atoms with van der Waals surface area (Å²) in [6.45, 7) is 1.60. The van der Waals surface area contributed by atoms with Crippen LogP contribution in [0.4, 0.5) is 5.13 Å². The van der Waals surface area contributed by atoms with Crippen LogP contribution in [0.1, 0.15) is 15.9 Å². The number of aryl methyl sites for hydroxylation is 1. The second-order valence-electron chi connectivity index (χ2n) is 6.11. The van der Waals surface area contributed by atoms with Crippen LogP contribution in [-0.4, -0.2) is 36.6 Å². The molecule has 4 rings (SSSR count). The second kappa shape index (κ2) is 6.98. The number of aliphatic hydroxyl groups is 1. The number of thiazole rings is 1. The first kappa shape index (κ1) is 18.0. The van der Waals surface area contributed by atoms with Crippen molar-refractivity contribution < 1.29 is 9.90 Å². The molecule has 0 atom stereocenters. The number of carbonyl (C=O) groups excluding carboxylic acids is 1. The normalized spacial score (nSPS) is 11.2. The van der Waals surface area contributed by atoms with Crippen molar-refractivity contribution in [3.05, 3.63) is 62.9 Å². The molecule has 0 spiro atoms. The number of nitrogens with one attached hydrogen (secondary N) is 2. The number of hydrogen-bond donors (Lipinski definition) is 3. The number of aliphatic hydroxyl groups excluding tert-OH is 1. The number of fused-ring (bicyclic) bond motifs is 2. The van der Waals surface area contributed by atoms with Crippen molar-refractivity contribution >= 4 is 39.1 Å². The Labute approximate surface area is 162 Å². The Balaban J connectivity index is 2.02. The maximum absolute atomic E-state index is 13.0. The van der Waals surface area contributed by atoms with E-state index in [1.54, 1.807) is 23.8 Å². The lowest BCUT2D eigenvalue weighted by atomic mass is 10.2. The van der Waals surface area contributed by atoms with E-state index < -0.39 is 5.91 Å². The topological polar surface area (TPSA) is 125 Å². The van der Waals surface area contributed by atoms with Crippen LogP contribution in [0.15, 0.2) is 40.8 Å². The van der Waals surface area contributed by atoms with Crippen molar-refractivity contribution in [2.75, 3.05) is 11.9 Å². The van der Waals surface area contributed by atoms with E-state index in [4.69, 9.17) is 5.41 Å². The smallest absolute Gasteiger partial charge is 0.267 e. The number of hydrogen-bond acceptors (Lipinski definition) is 7. The van der Waals surface area contributed by atoms with Gasteiger partial charge in [0.05, 0.1) is 17.6 Å². The number of nitrogens with zero attached hydrogens (tertiary/aromatic N) is 4.